The summed E-state index contributed by atoms with van der Waals surface area (Å²) in [6.07, 6.45) is 8.10. The van der Waals surface area contributed by atoms with E-state index in [9.17, 15) is 10.1 Å². The minimum atomic E-state index is -0.237. The summed E-state index contributed by atoms with van der Waals surface area (Å²) in [6, 6.07) is 13.0. The normalized spacial score (nSPS) is 14.5. The lowest BCUT2D eigenvalue weighted by molar-refractivity contribution is 0.0916. The van der Waals surface area contributed by atoms with Crippen molar-refractivity contribution in [3.63, 3.8) is 0 Å². The van der Waals surface area contributed by atoms with Crippen molar-refractivity contribution in [1.82, 2.24) is 34.9 Å². The molecule has 216 valence electrons. The topological polar surface area (TPSA) is 143 Å². The third kappa shape index (κ3) is 7.00. The Morgan fingerprint density at radius 3 is 2.60 bits per heavy atom. The predicted molar refractivity (Wildman–Crippen MR) is 157 cm³/mol. The van der Waals surface area contributed by atoms with Gasteiger partial charge in [0.25, 0.3) is 5.91 Å². The van der Waals surface area contributed by atoms with Crippen LogP contribution in [0.2, 0.25) is 0 Å². The Kier molecular flexibility index (Phi) is 8.89. The molecule has 0 saturated carbocycles. The maximum absolute atomic E-state index is 12.8. The number of benzene rings is 2. The number of carbonyl (C=O) groups is 1. The molecule has 2 aromatic carbocycles. The van der Waals surface area contributed by atoms with Crippen LogP contribution in [-0.4, -0.2) is 74.9 Å². The van der Waals surface area contributed by atoms with E-state index in [4.69, 9.17) is 9.47 Å². The van der Waals surface area contributed by atoms with Crippen LogP contribution in [0.4, 0.5) is 11.6 Å². The summed E-state index contributed by atoms with van der Waals surface area (Å²) in [7, 11) is 3.65. The fourth-order valence-corrected chi connectivity index (χ4v) is 4.76. The number of anilines is 2. The second-order valence-electron chi connectivity index (χ2n) is 10.3. The van der Waals surface area contributed by atoms with Gasteiger partial charge in [0.2, 0.25) is 5.95 Å². The van der Waals surface area contributed by atoms with Gasteiger partial charge in [-0.15, -0.1) is 0 Å². The van der Waals surface area contributed by atoms with Gasteiger partial charge in [-0.1, -0.05) is 6.07 Å². The number of hydrogen-bond acceptors (Lipinski definition) is 10. The molecule has 3 heterocycles. The number of carbonyl (C=O) groups excluding carboxylic acids is 1. The van der Waals surface area contributed by atoms with Crippen molar-refractivity contribution in [3.05, 3.63) is 72.6 Å². The molecule has 1 amide bonds. The van der Waals surface area contributed by atoms with E-state index in [1.54, 1.807) is 60.8 Å². The minimum Gasteiger partial charge on any atom is -0.495 e. The number of amides is 1. The van der Waals surface area contributed by atoms with Crippen LogP contribution in [0.25, 0.3) is 11.1 Å². The molecule has 2 N–H and O–H groups in total. The van der Waals surface area contributed by atoms with E-state index in [1.165, 1.54) is 6.33 Å². The lowest BCUT2D eigenvalue weighted by Crippen LogP contribution is -2.43. The Morgan fingerprint density at radius 2 is 1.90 bits per heavy atom. The molecule has 1 aliphatic heterocycles. The number of hydrogen-bond donors (Lipinski definition) is 2. The van der Waals surface area contributed by atoms with Crippen LogP contribution >= 0.6 is 0 Å². The first-order chi connectivity index (χ1) is 20.4. The van der Waals surface area contributed by atoms with Crippen molar-refractivity contribution in [2.24, 2.45) is 0 Å². The molecule has 1 atom stereocenters. The Morgan fingerprint density at radius 1 is 1.12 bits per heavy atom. The first kappa shape index (κ1) is 28.5. The summed E-state index contributed by atoms with van der Waals surface area (Å²) < 4.78 is 13.3. The molecule has 2 aromatic heterocycles. The van der Waals surface area contributed by atoms with E-state index in [0.717, 1.165) is 37.1 Å². The van der Waals surface area contributed by atoms with E-state index < -0.39 is 0 Å². The second-order valence-corrected chi connectivity index (χ2v) is 10.3. The third-order valence-electron chi connectivity index (χ3n) is 7.09. The van der Waals surface area contributed by atoms with Crippen LogP contribution in [0.5, 0.6) is 11.5 Å². The number of nitriles is 1. The second kappa shape index (κ2) is 13.1. The number of ether oxygens (including phenoxy) is 2. The van der Waals surface area contributed by atoms with E-state index in [0.29, 0.717) is 40.8 Å². The molecular formula is C30H33N9O3. The van der Waals surface area contributed by atoms with Crippen molar-refractivity contribution in [1.29, 1.82) is 5.26 Å². The fraction of sp³-hybridized carbons (Fsp3) is 0.333. The van der Waals surface area contributed by atoms with E-state index in [2.05, 4.69) is 48.7 Å². The van der Waals surface area contributed by atoms with Gasteiger partial charge in [-0.2, -0.15) is 10.4 Å². The highest BCUT2D eigenvalue weighted by Gasteiger charge is 2.20. The number of nitrogens with zero attached hydrogens (tertiary/aromatic N) is 7. The van der Waals surface area contributed by atoms with E-state index in [-0.39, 0.29) is 18.1 Å². The van der Waals surface area contributed by atoms with Crippen LogP contribution in [0.3, 0.4) is 0 Å². The molecule has 0 bridgehead atoms. The van der Waals surface area contributed by atoms with E-state index in [1.807, 2.05) is 13.0 Å². The van der Waals surface area contributed by atoms with Crippen molar-refractivity contribution in [3.8, 4) is 28.7 Å². The molecule has 1 aliphatic rings. The molecule has 1 fully saturated rings. The summed E-state index contributed by atoms with van der Waals surface area (Å²) in [6.45, 7) is 4.34. The Bertz CT molecular complexity index is 1540. The zero-order valence-corrected chi connectivity index (χ0v) is 23.8. The lowest BCUT2D eigenvalue weighted by Gasteiger charge is -2.29. The Balaban J connectivity index is 1.25. The average molecular weight is 568 g/mol. The highest BCUT2D eigenvalue weighted by atomic mass is 16.5. The minimum absolute atomic E-state index is 0.117. The molecule has 0 unspecified atom stereocenters. The summed E-state index contributed by atoms with van der Waals surface area (Å²) in [5.74, 6) is 1.22. The van der Waals surface area contributed by atoms with Gasteiger partial charge in [0.15, 0.2) is 0 Å². The molecule has 0 aliphatic carbocycles. The summed E-state index contributed by atoms with van der Waals surface area (Å²) in [5, 5.41) is 20.0. The highest BCUT2D eigenvalue weighted by molar-refractivity contribution is 5.95. The molecule has 0 radical (unpaired) electrons. The van der Waals surface area contributed by atoms with Crippen LogP contribution in [0, 0.1) is 11.3 Å². The van der Waals surface area contributed by atoms with Crippen LogP contribution in [-0.2, 0) is 6.54 Å². The van der Waals surface area contributed by atoms with Crippen molar-refractivity contribution in [2.75, 3.05) is 32.6 Å². The fourth-order valence-electron chi connectivity index (χ4n) is 4.76. The number of methoxy groups -OCH3 is 1. The zero-order chi connectivity index (χ0) is 29.5. The number of rotatable bonds is 10. The first-order valence-electron chi connectivity index (χ1n) is 13.7. The average Bonchev–Trinajstić information content (AvgIpc) is 3.51. The SMILES string of the molecule is COc1cc(C(=O)NC2CCN(C)CC2)ccc1Nc1ncc(-c2ccc(C#N)c(O[C@@H](C)Cn3cncn3)c2)cn1. The summed E-state index contributed by atoms with van der Waals surface area (Å²) in [5.41, 5.74) is 3.16. The predicted octanol–water partition coefficient (Wildman–Crippen LogP) is 3.65. The number of piperidine rings is 1. The molecule has 0 spiro atoms. The van der Waals surface area contributed by atoms with Crippen LogP contribution in [0.15, 0.2) is 61.4 Å². The highest BCUT2D eigenvalue weighted by Crippen LogP contribution is 2.30. The maximum Gasteiger partial charge on any atom is 0.251 e. The van der Waals surface area contributed by atoms with Gasteiger partial charge >= 0.3 is 0 Å². The number of aromatic nitrogens is 5. The molecular weight excluding hydrogens is 534 g/mol. The summed E-state index contributed by atoms with van der Waals surface area (Å²) in [4.78, 5) is 28.0. The quantitative estimate of drug-likeness (QED) is 0.291. The van der Waals surface area contributed by atoms with Crippen LogP contribution < -0.4 is 20.1 Å². The van der Waals surface area contributed by atoms with Gasteiger partial charge in [-0.25, -0.2) is 19.6 Å². The lowest BCUT2D eigenvalue weighted by atomic mass is 10.0. The molecule has 5 rings (SSSR count). The number of likely N-dealkylation sites (tertiary alicyclic amines) is 1. The van der Waals surface area contributed by atoms with Crippen molar-refractivity contribution < 1.29 is 14.3 Å². The van der Waals surface area contributed by atoms with Crippen LogP contribution in [0.1, 0.15) is 35.7 Å². The van der Waals surface area contributed by atoms with E-state index >= 15 is 0 Å². The van der Waals surface area contributed by atoms with Gasteiger partial charge in [0, 0.05) is 29.6 Å². The Labute approximate surface area is 244 Å². The monoisotopic (exact) mass is 567 g/mol. The van der Waals surface area contributed by atoms with Gasteiger partial charge < -0.3 is 25.0 Å². The largest absolute Gasteiger partial charge is 0.495 e. The van der Waals surface area contributed by atoms with Crippen molar-refractivity contribution in [2.45, 2.75) is 38.5 Å². The van der Waals surface area contributed by atoms with Gasteiger partial charge in [-0.05, 0) is 75.8 Å². The Hall–Kier alpha value is -5.02. The first-order valence-corrected chi connectivity index (χ1v) is 13.7. The maximum atomic E-state index is 12.8. The molecule has 1 saturated heterocycles. The van der Waals surface area contributed by atoms with Gasteiger partial charge in [0.05, 0.1) is 24.9 Å². The molecule has 4 aromatic rings. The standard InChI is InChI=1S/C30H33N9O3/c1-20(17-39-19-32-18-35-39)42-27-12-21(4-5-23(27)14-31)24-15-33-30(34-16-24)37-26-7-6-22(13-28(26)41-3)29(40)36-25-8-10-38(2)11-9-25/h4-7,12-13,15-16,18-20,25H,8-11,17H2,1-3H3,(H,36,40)(H,33,34,37)/t20-/m0/s1. The smallest absolute Gasteiger partial charge is 0.251 e. The van der Waals surface area contributed by atoms with Crippen molar-refractivity contribution >= 4 is 17.5 Å². The molecule has 42 heavy (non-hydrogen) atoms. The summed E-state index contributed by atoms with van der Waals surface area (Å²) >= 11 is 0. The zero-order valence-electron chi connectivity index (χ0n) is 23.8. The molecule has 12 heteroatoms. The molecule has 12 nitrogen and oxygen atoms in total. The third-order valence-corrected chi connectivity index (χ3v) is 7.09. The number of nitrogens with one attached hydrogen (secondary N) is 2. The van der Waals surface area contributed by atoms with Gasteiger partial charge in [-0.3, -0.25) is 4.79 Å². The van der Waals surface area contributed by atoms with Gasteiger partial charge in [0.1, 0.15) is 36.3 Å².